The second-order valence-electron chi connectivity index (χ2n) is 6.16. The molecule has 0 spiro atoms. The number of aryl methyl sites for hydroxylation is 1. The summed E-state index contributed by atoms with van der Waals surface area (Å²) in [6.07, 6.45) is 7.74. The lowest BCUT2D eigenvalue weighted by molar-refractivity contribution is 0.419. The number of aromatic nitrogens is 1. The van der Waals surface area contributed by atoms with E-state index in [-0.39, 0.29) is 0 Å². The molecule has 1 aromatic rings. The highest BCUT2D eigenvalue weighted by molar-refractivity contribution is 8.10. The van der Waals surface area contributed by atoms with Crippen LogP contribution in [0, 0.1) is 6.92 Å². The number of thioether (sulfide) groups is 1. The summed E-state index contributed by atoms with van der Waals surface area (Å²) in [6.45, 7) is 10.7. The van der Waals surface area contributed by atoms with Gasteiger partial charge in [0.2, 0.25) is 0 Å². The monoisotopic (exact) mass is 301 g/mol. The Morgan fingerprint density at radius 3 is 2.81 bits per heavy atom. The van der Waals surface area contributed by atoms with E-state index in [0.29, 0.717) is 0 Å². The molecule has 0 saturated heterocycles. The third-order valence-electron chi connectivity index (χ3n) is 4.17. The van der Waals surface area contributed by atoms with Gasteiger partial charge in [0.1, 0.15) is 0 Å². The molecule has 2 heteroatoms. The standard InChI is InChI=1S/C19H27NS/c1-5-6-8-14(2)13-21-16(4)19-12-18(11-15(3)20-19)17-9-7-10-17/h11-13,17H,4-10H2,1-3H3/b14-13-. The van der Waals surface area contributed by atoms with Crippen LogP contribution in [-0.2, 0) is 0 Å². The molecule has 0 atom stereocenters. The van der Waals surface area contributed by atoms with Gasteiger partial charge in [-0.15, -0.1) is 0 Å². The maximum absolute atomic E-state index is 4.67. The minimum atomic E-state index is 0.755. The Morgan fingerprint density at radius 1 is 1.43 bits per heavy atom. The van der Waals surface area contributed by atoms with E-state index in [1.165, 1.54) is 49.7 Å². The summed E-state index contributed by atoms with van der Waals surface area (Å²) in [5, 5.41) is 2.24. The van der Waals surface area contributed by atoms with Gasteiger partial charge >= 0.3 is 0 Å². The number of nitrogens with zero attached hydrogens (tertiary/aromatic N) is 1. The fourth-order valence-corrected chi connectivity index (χ4v) is 3.25. The van der Waals surface area contributed by atoms with E-state index in [1.54, 1.807) is 11.8 Å². The van der Waals surface area contributed by atoms with Gasteiger partial charge in [0.05, 0.1) is 5.69 Å². The van der Waals surface area contributed by atoms with Gasteiger partial charge in [-0.3, -0.25) is 4.98 Å². The second-order valence-corrected chi connectivity index (χ2v) is 7.13. The van der Waals surface area contributed by atoms with Crippen molar-refractivity contribution in [1.82, 2.24) is 4.98 Å². The molecule has 0 unspecified atom stereocenters. The zero-order valence-corrected chi connectivity index (χ0v) is 14.4. The van der Waals surface area contributed by atoms with Crippen LogP contribution in [0.1, 0.15) is 75.2 Å². The molecule has 0 bridgehead atoms. The summed E-state index contributed by atoms with van der Waals surface area (Å²) < 4.78 is 0. The highest BCUT2D eigenvalue weighted by Crippen LogP contribution is 2.38. The van der Waals surface area contributed by atoms with E-state index in [0.717, 1.165) is 22.2 Å². The van der Waals surface area contributed by atoms with Crippen LogP contribution in [0.15, 0.2) is 29.7 Å². The molecule has 1 aromatic heterocycles. The Hall–Kier alpha value is -1.02. The van der Waals surface area contributed by atoms with E-state index in [4.69, 9.17) is 0 Å². The fraction of sp³-hybridized carbons (Fsp3) is 0.526. The molecule has 114 valence electrons. The minimum absolute atomic E-state index is 0.755. The minimum Gasteiger partial charge on any atom is -0.253 e. The van der Waals surface area contributed by atoms with Crippen LogP contribution >= 0.6 is 11.8 Å². The normalized spacial score (nSPS) is 15.9. The quantitative estimate of drug-likeness (QED) is 0.573. The average molecular weight is 301 g/mol. The molecule has 1 fully saturated rings. The van der Waals surface area contributed by atoms with Crippen LogP contribution < -0.4 is 0 Å². The van der Waals surface area contributed by atoms with E-state index < -0.39 is 0 Å². The molecule has 1 saturated carbocycles. The van der Waals surface area contributed by atoms with Crippen molar-refractivity contribution in [3.05, 3.63) is 46.6 Å². The Balaban J connectivity index is 2.03. The van der Waals surface area contributed by atoms with Gasteiger partial charge in [-0.2, -0.15) is 0 Å². The van der Waals surface area contributed by atoms with Crippen molar-refractivity contribution >= 4 is 16.7 Å². The summed E-state index contributed by atoms with van der Waals surface area (Å²) >= 11 is 1.72. The highest BCUT2D eigenvalue weighted by Gasteiger charge is 2.20. The lowest BCUT2D eigenvalue weighted by Gasteiger charge is -2.26. The first-order chi connectivity index (χ1) is 10.1. The summed E-state index contributed by atoms with van der Waals surface area (Å²) in [4.78, 5) is 5.73. The smallest absolute Gasteiger partial charge is 0.0768 e. The Bertz CT molecular complexity index is 526. The summed E-state index contributed by atoms with van der Waals surface area (Å²) in [5.41, 5.74) is 5.07. The number of unbranched alkanes of at least 4 members (excludes halogenated alkanes) is 1. The molecule has 1 heterocycles. The number of allylic oxidation sites excluding steroid dienone is 1. The molecular formula is C19H27NS. The first kappa shape index (κ1) is 16.4. The molecular weight excluding hydrogens is 274 g/mol. The van der Waals surface area contributed by atoms with Crippen LogP contribution in [-0.4, -0.2) is 4.98 Å². The van der Waals surface area contributed by atoms with E-state index in [1.807, 2.05) is 0 Å². The van der Waals surface area contributed by atoms with Crippen LogP contribution in [0.2, 0.25) is 0 Å². The first-order valence-electron chi connectivity index (χ1n) is 8.10. The van der Waals surface area contributed by atoms with Crippen molar-refractivity contribution in [1.29, 1.82) is 0 Å². The molecule has 21 heavy (non-hydrogen) atoms. The predicted molar refractivity (Wildman–Crippen MR) is 95.5 cm³/mol. The summed E-state index contributed by atoms with van der Waals surface area (Å²) in [7, 11) is 0. The van der Waals surface area contributed by atoms with E-state index in [9.17, 15) is 0 Å². The maximum atomic E-state index is 4.67. The van der Waals surface area contributed by atoms with Gasteiger partial charge in [0.25, 0.3) is 0 Å². The molecule has 1 aliphatic rings. The molecule has 1 nitrogen and oxygen atoms in total. The zero-order valence-electron chi connectivity index (χ0n) is 13.6. The largest absolute Gasteiger partial charge is 0.253 e. The van der Waals surface area contributed by atoms with Crippen molar-refractivity contribution < 1.29 is 0 Å². The Morgan fingerprint density at radius 2 is 2.19 bits per heavy atom. The molecule has 2 rings (SSSR count). The number of pyridine rings is 1. The zero-order chi connectivity index (χ0) is 15.2. The van der Waals surface area contributed by atoms with Gasteiger partial charge in [-0.1, -0.05) is 43.7 Å². The predicted octanol–water partition coefficient (Wildman–Crippen LogP) is 6.46. The summed E-state index contributed by atoms with van der Waals surface area (Å²) in [6, 6.07) is 4.50. The number of rotatable bonds is 7. The molecule has 0 N–H and O–H groups in total. The van der Waals surface area contributed by atoms with Gasteiger partial charge in [0, 0.05) is 10.6 Å². The van der Waals surface area contributed by atoms with E-state index >= 15 is 0 Å². The van der Waals surface area contributed by atoms with Crippen molar-refractivity contribution in [3.63, 3.8) is 0 Å². The third-order valence-corrected chi connectivity index (χ3v) is 5.18. The van der Waals surface area contributed by atoms with Crippen LogP contribution in [0.4, 0.5) is 0 Å². The SMILES string of the molecule is C=C(S/C=C(/C)CCCC)c1cc(C2CCC2)cc(C)n1. The summed E-state index contributed by atoms with van der Waals surface area (Å²) in [5.74, 6) is 0.755. The van der Waals surface area contributed by atoms with Crippen molar-refractivity contribution in [2.45, 2.75) is 65.2 Å². The van der Waals surface area contributed by atoms with Gasteiger partial charge < -0.3 is 0 Å². The van der Waals surface area contributed by atoms with Crippen molar-refractivity contribution in [2.75, 3.05) is 0 Å². The van der Waals surface area contributed by atoms with Crippen LogP contribution in [0.25, 0.3) is 4.91 Å². The van der Waals surface area contributed by atoms with Gasteiger partial charge in [-0.25, -0.2) is 0 Å². The van der Waals surface area contributed by atoms with E-state index in [2.05, 4.69) is 49.9 Å². The molecule has 0 aliphatic heterocycles. The van der Waals surface area contributed by atoms with Crippen molar-refractivity contribution in [2.24, 2.45) is 0 Å². The third kappa shape index (κ3) is 4.74. The highest BCUT2D eigenvalue weighted by atomic mass is 32.2. The average Bonchev–Trinajstić information content (AvgIpc) is 2.40. The van der Waals surface area contributed by atoms with Crippen LogP contribution in [0.5, 0.6) is 0 Å². The molecule has 0 radical (unpaired) electrons. The fourth-order valence-electron chi connectivity index (χ4n) is 2.56. The molecule has 1 aliphatic carbocycles. The number of hydrogen-bond acceptors (Lipinski definition) is 2. The van der Waals surface area contributed by atoms with Crippen molar-refractivity contribution in [3.8, 4) is 0 Å². The Labute approximate surface area is 133 Å². The first-order valence-corrected chi connectivity index (χ1v) is 8.98. The molecule has 0 aromatic carbocycles. The Kier molecular flexibility index (Phi) is 6.10. The lowest BCUT2D eigenvalue weighted by Crippen LogP contribution is -2.09. The van der Waals surface area contributed by atoms with Crippen LogP contribution in [0.3, 0.4) is 0 Å². The maximum Gasteiger partial charge on any atom is 0.0768 e. The molecule has 0 amide bonds. The topological polar surface area (TPSA) is 12.9 Å². The second kappa shape index (κ2) is 7.84. The lowest BCUT2D eigenvalue weighted by atomic mass is 9.80. The van der Waals surface area contributed by atoms with Gasteiger partial charge in [-0.05, 0) is 68.6 Å². The van der Waals surface area contributed by atoms with Gasteiger partial charge in [0.15, 0.2) is 0 Å². The number of hydrogen-bond donors (Lipinski definition) is 0.